The Bertz CT molecular complexity index is 1440. The van der Waals surface area contributed by atoms with Gasteiger partial charge in [0, 0.05) is 12.5 Å². The fourth-order valence-electron chi connectivity index (χ4n) is 5.62. The van der Waals surface area contributed by atoms with E-state index in [0.29, 0.717) is 18.7 Å². The van der Waals surface area contributed by atoms with Crippen LogP contribution < -0.4 is 21.7 Å². The molecule has 0 bridgehead atoms. The molecular formula is C28H33N5O3Si. The van der Waals surface area contributed by atoms with E-state index in [1.54, 1.807) is 6.33 Å². The van der Waals surface area contributed by atoms with Gasteiger partial charge in [-0.05, 0) is 27.4 Å². The molecule has 9 heteroatoms. The molecule has 5 rings (SSSR count). The summed E-state index contributed by atoms with van der Waals surface area (Å²) in [5, 5.41) is 12.5. The maximum absolute atomic E-state index is 12.3. The topological polar surface area (TPSA) is 119 Å². The number of nitrogens with two attached hydrogens (primary N) is 1. The number of benzene rings is 2. The summed E-state index contributed by atoms with van der Waals surface area (Å²) in [6.45, 7) is 7.17. The van der Waals surface area contributed by atoms with Crippen LogP contribution in [-0.4, -0.2) is 46.2 Å². The van der Waals surface area contributed by atoms with Gasteiger partial charge in [-0.2, -0.15) is 4.98 Å². The van der Waals surface area contributed by atoms with Crippen LogP contribution in [-0.2, 0) is 4.43 Å². The van der Waals surface area contributed by atoms with Crippen LogP contribution in [0, 0.1) is 5.92 Å². The number of nitrogens with one attached hydrogen (secondary N) is 1. The zero-order chi connectivity index (χ0) is 26.2. The number of hydrogen-bond acceptors (Lipinski definition) is 6. The average Bonchev–Trinajstić information content (AvgIpc) is 3.49. The number of fused-ring (bicyclic) bond motifs is 1. The summed E-state index contributed by atoms with van der Waals surface area (Å²) in [5.74, 6) is 0.0589. The predicted molar refractivity (Wildman–Crippen MR) is 148 cm³/mol. The van der Waals surface area contributed by atoms with Gasteiger partial charge in [0.2, 0.25) is 5.95 Å². The normalized spacial score (nSPS) is 18.3. The molecule has 37 heavy (non-hydrogen) atoms. The van der Waals surface area contributed by atoms with Gasteiger partial charge in [0.25, 0.3) is 13.9 Å². The van der Waals surface area contributed by atoms with Crippen LogP contribution in [0.15, 0.2) is 83.4 Å². The third-order valence-corrected chi connectivity index (χ3v) is 12.4. The van der Waals surface area contributed by atoms with Crippen molar-refractivity contribution in [3.63, 3.8) is 0 Å². The van der Waals surface area contributed by atoms with Crippen LogP contribution in [0.4, 0.5) is 5.95 Å². The van der Waals surface area contributed by atoms with Crippen molar-refractivity contribution in [2.75, 3.05) is 18.9 Å². The number of nitrogens with zero attached hydrogens (tertiary/aromatic N) is 3. The Morgan fingerprint density at radius 1 is 1.11 bits per heavy atom. The second kappa shape index (κ2) is 9.73. The average molecular weight is 516 g/mol. The van der Waals surface area contributed by atoms with Crippen LogP contribution in [0.1, 0.15) is 33.2 Å². The highest BCUT2D eigenvalue weighted by molar-refractivity contribution is 6.99. The summed E-state index contributed by atoms with van der Waals surface area (Å²) in [6.07, 6.45) is 4.36. The van der Waals surface area contributed by atoms with Gasteiger partial charge in [-0.25, -0.2) is 4.98 Å². The molecule has 8 nitrogen and oxygen atoms in total. The van der Waals surface area contributed by atoms with Gasteiger partial charge in [-0.3, -0.25) is 9.78 Å². The second-order valence-corrected chi connectivity index (χ2v) is 15.0. The van der Waals surface area contributed by atoms with E-state index in [4.69, 9.17) is 10.2 Å². The minimum Gasteiger partial charge on any atom is -0.407 e. The third kappa shape index (κ3) is 4.43. The van der Waals surface area contributed by atoms with Gasteiger partial charge < -0.3 is 19.8 Å². The Morgan fingerprint density at radius 3 is 2.30 bits per heavy atom. The van der Waals surface area contributed by atoms with E-state index in [1.165, 1.54) is 10.4 Å². The number of allylic oxidation sites excluding steroid dienone is 1. The lowest BCUT2D eigenvalue weighted by Gasteiger charge is -2.43. The van der Waals surface area contributed by atoms with Crippen molar-refractivity contribution in [3.05, 3.63) is 89.0 Å². The van der Waals surface area contributed by atoms with E-state index in [9.17, 15) is 9.90 Å². The molecule has 2 aromatic heterocycles. The lowest BCUT2D eigenvalue weighted by atomic mass is 10.0. The van der Waals surface area contributed by atoms with Crippen molar-refractivity contribution in [1.29, 1.82) is 0 Å². The van der Waals surface area contributed by atoms with Crippen LogP contribution in [0.3, 0.4) is 0 Å². The Balaban J connectivity index is 1.49. The molecule has 2 atom stereocenters. The van der Waals surface area contributed by atoms with Gasteiger partial charge in [-0.1, -0.05) is 87.5 Å². The van der Waals surface area contributed by atoms with Gasteiger partial charge in [0.05, 0.1) is 19.0 Å². The fourth-order valence-corrected chi connectivity index (χ4v) is 10.2. The van der Waals surface area contributed by atoms with E-state index < -0.39 is 8.32 Å². The summed E-state index contributed by atoms with van der Waals surface area (Å²) in [4.78, 5) is 23.3. The Hall–Kier alpha value is -3.53. The Morgan fingerprint density at radius 2 is 1.73 bits per heavy atom. The molecule has 4 aromatic rings. The quantitative estimate of drug-likeness (QED) is 0.257. The number of aromatic nitrogens is 4. The molecule has 0 spiro atoms. The number of imidazole rings is 1. The maximum atomic E-state index is 12.3. The van der Waals surface area contributed by atoms with Crippen LogP contribution in [0.2, 0.25) is 5.04 Å². The summed E-state index contributed by atoms with van der Waals surface area (Å²) in [5.41, 5.74) is 7.04. The lowest BCUT2D eigenvalue weighted by molar-refractivity contribution is 0.230. The highest BCUT2D eigenvalue weighted by Gasteiger charge is 2.50. The van der Waals surface area contributed by atoms with Crippen LogP contribution >= 0.6 is 0 Å². The molecule has 0 saturated heterocycles. The summed E-state index contributed by atoms with van der Waals surface area (Å²) in [6, 6.07) is 21.0. The molecule has 1 aliphatic carbocycles. The molecule has 0 unspecified atom stereocenters. The number of rotatable bonds is 7. The van der Waals surface area contributed by atoms with Crippen LogP contribution in [0.5, 0.6) is 0 Å². The smallest absolute Gasteiger partial charge is 0.280 e. The van der Waals surface area contributed by atoms with Crippen LogP contribution in [0.25, 0.3) is 11.2 Å². The number of anilines is 1. The number of aliphatic hydroxyl groups is 1. The Labute approximate surface area is 217 Å². The molecule has 0 radical (unpaired) electrons. The zero-order valence-electron chi connectivity index (χ0n) is 21.4. The van der Waals surface area contributed by atoms with E-state index in [1.807, 2.05) is 22.8 Å². The van der Waals surface area contributed by atoms with Gasteiger partial charge in [-0.15, -0.1) is 0 Å². The molecule has 0 amide bonds. The predicted octanol–water partition coefficient (Wildman–Crippen LogP) is 2.76. The van der Waals surface area contributed by atoms with E-state index in [0.717, 1.165) is 5.57 Å². The molecule has 1 aliphatic rings. The van der Waals surface area contributed by atoms with Crippen molar-refractivity contribution >= 4 is 35.8 Å². The van der Waals surface area contributed by atoms with E-state index in [2.05, 4.69) is 84.3 Å². The van der Waals surface area contributed by atoms with E-state index in [-0.39, 0.29) is 40.6 Å². The minimum atomic E-state index is -2.71. The fraction of sp³-hybridized carbons (Fsp3) is 0.321. The molecule has 0 aliphatic heterocycles. The largest absolute Gasteiger partial charge is 0.407 e. The first-order valence-electron chi connectivity index (χ1n) is 12.5. The molecule has 0 fully saturated rings. The number of hydrogen-bond donors (Lipinski definition) is 3. The third-order valence-electron chi connectivity index (χ3n) is 7.37. The summed E-state index contributed by atoms with van der Waals surface area (Å²) >= 11 is 0. The monoisotopic (exact) mass is 515 g/mol. The number of aliphatic hydroxyl groups excluding tert-OH is 1. The summed E-state index contributed by atoms with van der Waals surface area (Å²) < 4.78 is 9.01. The minimum absolute atomic E-state index is 0.00782. The first kappa shape index (κ1) is 25.1. The maximum Gasteiger partial charge on any atom is 0.280 e. The molecule has 2 aromatic carbocycles. The molecule has 4 N–H and O–H groups in total. The number of nitrogen functional groups attached to an aromatic ring is 1. The highest BCUT2D eigenvalue weighted by atomic mass is 28.4. The standard InChI is InChI=1S/C28H33N5O3Si/c1-28(2,3)37(22-10-6-4-7-11-22,23-12-8-5-9-13-23)36-17-20-15-21(14-19(20)16-34)33-18-30-24-25(33)31-27(29)32-26(24)35/h4-14,18,20-21,34H,15-17H2,1-3H3,(H3,29,31,32,35)/t20-,21+/m1/s1. The first-order valence-corrected chi connectivity index (χ1v) is 14.4. The van der Waals surface area contributed by atoms with Crippen molar-refractivity contribution in [2.24, 2.45) is 5.92 Å². The van der Waals surface area contributed by atoms with Crippen molar-refractivity contribution in [2.45, 2.75) is 38.3 Å². The number of H-pyrrole nitrogens is 1. The van der Waals surface area contributed by atoms with Crippen molar-refractivity contribution in [1.82, 2.24) is 19.5 Å². The number of aromatic amines is 1. The van der Waals surface area contributed by atoms with Gasteiger partial charge in [0.1, 0.15) is 0 Å². The molecule has 2 heterocycles. The van der Waals surface area contributed by atoms with E-state index >= 15 is 0 Å². The van der Waals surface area contributed by atoms with Gasteiger partial charge >= 0.3 is 0 Å². The zero-order valence-corrected chi connectivity index (χ0v) is 22.4. The highest BCUT2D eigenvalue weighted by Crippen LogP contribution is 2.40. The van der Waals surface area contributed by atoms with Gasteiger partial charge in [0.15, 0.2) is 11.2 Å². The van der Waals surface area contributed by atoms with Crippen molar-refractivity contribution < 1.29 is 9.53 Å². The lowest BCUT2D eigenvalue weighted by Crippen LogP contribution is -2.66. The Kier molecular flexibility index (Phi) is 6.61. The molecule has 0 saturated carbocycles. The molecular weight excluding hydrogens is 482 g/mol. The first-order chi connectivity index (χ1) is 17.7. The second-order valence-electron chi connectivity index (χ2n) is 10.6. The van der Waals surface area contributed by atoms with Crippen molar-refractivity contribution in [3.8, 4) is 0 Å². The summed E-state index contributed by atoms with van der Waals surface area (Å²) in [7, 11) is -2.71. The molecule has 192 valence electrons. The SMILES string of the molecule is CC(C)(C)[Si](OC[C@H]1C[C@@H](n2cnc3c(=O)[nH]c(N)nc32)C=C1CO)(c1ccccc1)c1ccccc1.